The molecule has 0 radical (unpaired) electrons. The van der Waals surface area contributed by atoms with E-state index in [2.05, 4.69) is 36.4 Å². The number of anilines is 1. The summed E-state index contributed by atoms with van der Waals surface area (Å²) in [6.07, 6.45) is 1.91. The molecule has 2 aromatic rings. The van der Waals surface area contributed by atoms with Crippen LogP contribution in [-0.4, -0.2) is 10.9 Å². The van der Waals surface area contributed by atoms with Crippen LogP contribution in [0.1, 0.15) is 36.2 Å². The van der Waals surface area contributed by atoms with Crippen LogP contribution in [-0.2, 0) is 16.9 Å². The van der Waals surface area contributed by atoms with E-state index in [0.717, 1.165) is 17.2 Å². The first-order valence-corrected chi connectivity index (χ1v) is 7.73. The van der Waals surface area contributed by atoms with Crippen molar-refractivity contribution in [3.05, 3.63) is 45.9 Å². The average molecular weight is 303 g/mol. The molecule has 0 saturated carbocycles. The molecule has 0 spiro atoms. The highest BCUT2D eigenvalue weighted by Gasteiger charge is 2.23. The Bertz CT molecular complexity index is 617. The van der Waals surface area contributed by atoms with Crippen molar-refractivity contribution in [3.63, 3.8) is 0 Å². The Labute approximate surface area is 129 Å². The highest BCUT2D eigenvalue weighted by molar-refractivity contribution is 7.11. The standard InChI is InChI=1S/C16H21N3OS/c1-11-9-17-15(21-11)16(3,4)18-10-13-5-7-14(8-6-13)19-12(2)20/h5-9,18H,10H2,1-4H3,(H,19,20). The second-order valence-corrected chi connectivity index (χ2v) is 6.87. The van der Waals surface area contributed by atoms with Crippen LogP contribution < -0.4 is 10.6 Å². The maximum absolute atomic E-state index is 11.0. The van der Waals surface area contributed by atoms with E-state index in [4.69, 9.17) is 0 Å². The van der Waals surface area contributed by atoms with Crippen LogP contribution in [0.3, 0.4) is 0 Å². The first-order chi connectivity index (χ1) is 9.87. The molecule has 5 heteroatoms. The number of nitrogens with one attached hydrogen (secondary N) is 2. The molecule has 1 aromatic heterocycles. The zero-order chi connectivity index (χ0) is 15.5. The number of rotatable bonds is 5. The number of thiazole rings is 1. The molecule has 1 heterocycles. The van der Waals surface area contributed by atoms with Gasteiger partial charge in [0, 0.05) is 30.2 Å². The zero-order valence-electron chi connectivity index (χ0n) is 12.9. The van der Waals surface area contributed by atoms with Gasteiger partial charge in [0.05, 0.1) is 5.54 Å². The molecule has 0 aliphatic carbocycles. The third kappa shape index (κ3) is 4.37. The lowest BCUT2D eigenvalue weighted by Crippen LogP contribution is -2.35. The molecule has 0 bridgehead atoms. The molecule has 2 N–H and O–H groups in total. The van der Waals surface area contributed by atoms with E-state index in [1.54, 1.807) is 11.3 Å². The van der Waals surface area contributed by atoms with Gasteiger partial charge in [0.1, 0.15) is 5.01 Å². The summed E-state index contributed by atoms with van der Waals surface area (Å²) in [5.74, 6) is -0.0545. The topological polar surface area (TPSA) is 54.0 Å². The molecular weight excluding hydrogens is 282 g/mol. The molecule has 0 unspecified atom stereocenters. The summed E-state index contributed by atoms with van der Waals surface area (Å²) in [5, 5.41) is 7.38. The number of hydrogen-bond donors (Lipinski definition) is 2. The van der Waals surface area contributed by atoms with Gasteiger partial charge in [0.2, 0.25) is 5.91 Å². The Kier molecular flexibility index (Phi) is 4.75. The van der Waals surface area contributed by atoms with E-state index < -0.39 is 0 Å². The minimum absolute atomic E-state index is 0.0545. The van der Waals surface area contributed by atoms with Crippen LogP contribution in [0.5, 0.6) is 0 Å². The number of carbonyl (C=O) groups excluding carboxylic acids is 1. The molecule has 4 nitrogen and oxygen atoms in total. The highest BCUT2D eigenvalue weighted by atomic mass is 32.1. The van der Waals surface area contributed by atoms with Crippen LogP contribution in [0.2, 0.25) is 0 Å². The van der Waals surface area contributed by atoms with Crippen molar-refractivity contribution in [2.24, 2.45) is 0 Å². The summed E-state index contributed by atoms with van der Waals surface area (Å²) in [7, 11) is 0. The lowest BCUT2D eigenvalue weighted by atomic mass is 10.1. The predicted molar refractivity (Wildman–Crippen MR) is 87.5 cm³/mol. The quantitative estimate of drug-likeness (QED) is 0.889. The predicted octanol–water partition coefficient (Wildman–Crippen LogP) is 3.43. The van der Waals surface area contributed by atoms with E-state index in [0.29, 0.717) is 0 Å². The number of benzene rings is 1. The molecule has 0 atom stereocenters. The van der Waals surface area contributed by atoms with Crippen molar-refractivity contribution in [2.45, 2.75) is 39.8 Å². The molecule has 2 rings (SSSR count). The van der Waals surface area contributed by atoms with Crippen molar-refractivity contribution in [1.82, 2.24) is 10.3 Å². The van der Waals surface area contributed by atoms with Crippen LogP contribution in [0.4, 0.5) is 5.69 Å². The second-order valence-electron chi connectivity index (χ2n) is 5.63. The first kappa shape index (κ1) is 15.7. The van der Waals surface area contributed by atoms with Crippen LogP contribution in [0.25, 0.3) is 0 Å². The Balaban J connectivity index is 1.97. The van der Waals surface area contributed by atoms with E-state index >= 15 is 0 Å². The van der Waals surface area contributed by atoms with Crippen molar-refractivity contribution in [1.29, 1.82) is 0 Å². The van der Waals surface area contributed by atoms with Gasteiger partial charge in [-0.15, -0.1) is 11.3 Å². The van der Waals surface area contributed by atoms with Gasteiger partial charge in [0.15, 0.2) is 0 Å². The SMILES string of the molecule is CC(=O)Nc1ccc(CNC(C)(C)c2ncc(C)s2)cc1. The van der Waals surface area contributed by atoms with Gasteiger partial charge in [-0.25, -0.2) is 4.98 Å². The van der Waals surface area contributed by atoms with E-state index in [1.807, 2.05) is 30.5 Å². The monoisotopic (exact) mass is 303 g/mol. The highest BCUT2D eigenvalue weighted by Crippen LogP contribution is 2.25. The summed E-state index contributed by atoms with van der Waals surface area (Å²) in [4.78, 5) is 16.7. The number of aryl methyl sites for hydroxylation is 1. The molecule has 112 valence electrons. The number of nitrogens with zero attached hydrogens (tertiary/aromatic N) is 1. The van der Waals surface area contributed by atoms with Gasteiger partial charge >= 0.3 is 0 Å². The molecule has 1 amide bonds. The Morgan fingerprint density at radius 2 is 1.95 bits per heavy atom. The van der Waals surface area contributed by atoms with Crippen molar-refractivity contribution in [3.8, 4) is 0 Å². The van der Waals surface area contributed by atoms with Crippen LogP contribution >= 0.6 is 11.3 Å². The van der Waals surface area contributed by atoms with E-state index in [1.165, 1.54) is 17.4 Å². The third-order valence-corrected chi connectivity index (χ3v) is 4.40. The maximum Gasteiger partial charge on any atom is 0.221 e. The van der Waals surface area contributed by atoms with Crippen LogP contribution in [0.15, 0.2) is 30.5 Å². The smallest absolute Gasteiger partial charge is 0.221 e. The summed E-state index contributed by atoms with van der Waals surface area (Å²) in [6.45, 7) is 8.60. The molecule has 0 saturated heterocycles. The number of carbonyl (C=O) groups is 1. The van der Waals surface area contributed by atoms with Crippen molar-refractivity contribution in [2.75, 3.05) is 5.32 Å². The number of amides is 1. The summed E-state index contributed by atoms with van der Waals surface area (Å²) >= 11 is 1.72. The third-order valence-electron chi connectivity index (χ3n) is 3.16. The molecule has 21 heavy (non-hydrogen) atoms. The fourth-order valence-electron chi connectivity index (χ4n) is 1.95. The summed E-state index contributed by atoms with van der Waals surface area (Å²) in [5.41, 5.74) is 1.83. The lowest BCUT2D eigenvalue weighted by Gasteiger charge is -2.24. The van der Waals surface area contributed by atoms with Gasteiger partial charge in [0.25, 0.3) is 0 Å². The minimum Gasteiger partial charge on any atom is -0.326 e. The lowest BCUT2D eigenvalue weighted by molar-refractivity contribution is -0.114. The van der Waals surface area contributed by atoms with Crippen molar-refractivity contribution >= 4 is 22.9 Å². The normalized spacial score (nSPS) is 11.4. The average Bonchev–Trinajstić information content (AvgIpc) is 2.85. The first-order valence-electron chi connectivity index (χ1n) is 6.91. The van der Waals surface area contributed by atoms with E-state index in [9.17, 15) is 4.79 Å². The molecule has 1 aromatic carbocycles. The van der Waals surface area contributed by atoms with Crippen LogP contribution in [0, 0.1) is 6.92 Å². The van der Waals surface area contributed by atoms with Gasteiger partial charge < -0.3 is 10.6 Å². The summed E-state index contributed by atoms with van der Waals surface area (Å²) in [6, 6.07) is 7.86. The van der Waals surface area contributed by atoms with Gasteiger partial charge in [-0.3, -0.25) is 4.79 Å². The molecular formula is C16H21N3OS. The molecule has 0 aliphatic rings. The van der Waals surface area contributed by atoms with Gasteiger partial charge in [-0.05, 0) is 38.5 Å². The van der Waals surface area contributed by atoms with E-state index in [-0.39, 0.29) is 11.4 Å². The second kappa shape index (κ2) is 6.37. The van der Waals surface area contributed by atoms with Gasteiger partial charge in [-0.2, -0.15) is 0 Å². The molecule has 0 fully saturated rings. The zero-order valence-corrected chi connectivity index (χ0v) is 13.7. The Morgan fingerprint density at radius 1 is 1.29 bits per heavy atom. The Morgan fingerprint density at radius 3 is 2.48 bits per heavy atom. The number of aromatic nitrogens is 1. The fraction of sp³-hybridized carbons (Fsp3) is 0.375. The number of hydrogen-bond acceptors (Lipinski definition) is 4. The fourth-order valence-corrected chi connectivity index (χ4v) is 2.79. The van der Waals surface area contributed by atoms with Crippen molar-refractivity contribution < 1.29 is 4.79 Å². The molecule has 0 aliphatic heterocycles. The largest absolute Gasteiger partial charge is 0.326 e. The maximum atomic E-state index is 11.0. The summed E-state index contributed by atoms with van der Waals surface area (Å²) < 4.78 is 0. The minimum atomic E-state index is -0.158. The Hall–Kier alpha value is -1.72. The van der Waals surface area contributed by atoms with Gasteiger partial charge in [-0.1, -0.05) is 12.1 Å².